The van der Waals surface area contributed by atoms with Gasteiger partial charge < -0.3 is 5.11 Å². The van der Waals surface area contributed by atoms with E-state index in [1.807, 2.05) is 0 Å². The number of carboxylic acids is 1. The molecule has 0 spiro atoms. The van der Waals surface area contributed by atoms with Crippen molar-refractivity contribution in [1.29, 1.82) is 0 Å². The van der Waals surface area contributed by atoms with Crippen LogP contribution in [0.15, 0.2) is 0 Å². The minimum Gasteiger partial charge on any atom is -0.481 e. The summed E-state index contributed by atoms with van der Waals surface area (Å²) in [7, 11) is 0. The summed E-state index contributed by atoms with van der Waals surface area (Å²) in [6, 6.07) is 0. The van der Waals surface area contributed by atoms with E-state index < -0.39 is 5.97 Å². The molecule has 2 saturated carbocycles. The highest BCUT2D eigenvalue weighted by atomic mass is 16.4. The Balaban J connectivity index is 1.55. The van der Waals surface area contributed by atoms with E-state index in [1.165, 1.54) is 70.6 Å². The molecule has 2 fully saturated rings. The normalized spacial score (nSPS) is 32.8. The van der Waals surface area contributed by atoms with E-state index in [1.54, 1.807) is 0 Å². The highest BCUT2D eigenvalue weighted by Gasteiger charge is 2.30. The zero-order valence-corrected chi connectivity index (χ0v) is 14.6. The minimum atomic E-state index is -0.640. The Kier molecular flexibility index (Phi) is 7.75. The summed E-state index contributed by atoms with van der Waals surface area (Å²) in [4.78, 5) is 10.5. The predicted octanol–water partition coefficient (Wildman–Crippen LogP) is 6.04. The number of carboxylic acid groups (broad SMARTS) is 1. The van der Waals surface area contributed by atoms with Gasteiger partial charge in [-0.1, -0.05) is 58.3 Å². The second-order valence-electron chi connectivity index (χ2n) is 7.96. The van der Waals surface area contributed by atoms with Crippen LogP contribution in [0.2, 0.25) is 0 Å². The maximum absolute atomic E-state index is 10.5. The average molecular weight is 309 g/mol. The van der Waals surface area contributed by atoms with Crippen LogP contribution in [0, 0.1) is 23.7 Å². The van der Waals surface area contributed by atoms with Crippen LogP contribution in [-0.2, 0) is 4.79 Å². The minimum absolute atomic E-state index is 0.354. The van der Waals surface area contributed by atoms with Crippen molar-refractivity contribution >= 4 is 5.97 Å². The quantitative estimate of drug-likeness (QED) is 0.555. The van der Waals surface area contributed by atoms with E-state index >= 15 is 0 Å². The number of aliphatic carboxylic acids is 1. The molecule has 2 rings (SSSR count). The third kappa shape index (κ3) is 5.93. The van der Waals surface area contributed by atoms with Gasteiger partial charge in [-0.25, -0.2) is 0 Å². The molecule has 1 N–H and O–H groups in total. The molecule has 0 bridgehead atoms. The van der Waals surface area contributed by atoms with E-state index in [0.29, 0.717) is 6.42 Å². The largest absolute Gasteiger partial charge is 0.481 e. The third-order valence-corrected chi connectivity index (χ3v) is 6.53. The second kappa shape index (κ2) is 9.57. The van der Waals surface area contributed by atoms with Gasteiger partial charge in [0.25, 0.3) is 0 Å². The Hall–Kier alpha value is -0.530. The van der Waals surface area contributed by atoms with Crippen LogP contribution in [0.3, 0.4) is 0 Å². The van der Waals surface area contributed by atoms with Gasteiger partial charge in [-0.2, -0.15) is 0 Å². The molecule has 2 nitrogen and oxygen atoms in total. The van der Waals surface area contributed by atoms with Crippen molar-refractivity contribution in [3.63, 3.8) is 0 Å². The molecule has 0 atom stereocenters. The molecule has 0 radical (unpaired) electrons. The number of unbranched alkanes of at least 4 members (excludes halogenated alkanes) is 2. The predicted molar refractivity (Wildman–Crippen MR) is 91.9 cm³/mol. The van der Waals surface area contributed by atoms with Crippen molar-refractivity contribution in [1.82, 2.24) is 0 Å². The van der Waals surface area contributed by atoms with Crippen LogP contribution in [0.5, 0.6) is 0 Å². The molecule has 2 heteroatoms. The summed E-state index contributed by atoms with van der Waals surface area (Å²) in [6.45, 7) is 2.35. The van der Waals surface area contributed by atoms with Crippen LogP contribution >= 0.6 is 0 Å². The summed E-state index contributed by atoms with van der Waals surface area (Å²) in [5, 5.41) is 8.65. The summed E-state index contributed by atoms with van der Waals surface area (Å²) in [6.07, 6.45) is 18.1. The summed E-state index contributed by atoms with van der Waals surface area (Å²) >= 11 is 0. The maximum Gasteiger partial charge on any atom is 0.303 e. The van der Waals surface area contributed by atoms with E-state index in [2.05, 4.69) is 6.92 Å². The lowest BCUT2D eigenvalue weighted by Crippen LogP contribution is -2.25. The molecule has 0 saturated heterocycles. The van der Waals surface area contributed by atoms with Gasteiger partial charge in [0.2, 0.25) is 0 Å². The van der Waals surface area contributed by atoms with Gasteiger partial charge in [-0.3, -0.25) is 4.79 Å². The molecular formula is C20H36O2. The van der Waals surface area contributed by atoms with Crippen LogP contribution in [-0.4, -0.2) is 11.1 Å². The van der Waals surface area contributed by atoms with E-state index in [0.717, 1.165) is 36.5 Å². The van der Waals surface area contributed by atoms with Crippen molar-refractivity contribution < 1.29 is 9.90 Å². The first-order valence-corrected chi connectivity index (χ1v) is 9.90. The first-order valence-electron chi connectivity index (χ1n) is 9.90. The van der Waals surface area contributed by atoms with Gasteiger partial charge in [0.05, 0.1) is 0 Å². The van der Waals surface area contributed by atoms with Crippen molar-refractivity contribution in [2.45, 2.75) is 96.8 Å². The number of carbonyl (C=O) groups is 1. The fraction of sp³-hybridized carbons (Fsp3) is 0.950. The Morgan fingerprint density at radius 3 is 1.86 bits per heavy atom. The monoisotopic (exact) mass is 308 g/mol. The van der Waals surface area contributed by atoms with Gasteiger partial charge in [-0.05, 0) is 55.8 Å². The van der Waals surface area contributed by atoms with Crippen molar-refractivity contribution in [2.75, 3.05) is 0 Å². The molecule has 0 heterocycles. The van der Waals surface area contributed by atoms with Crippen molar-refractivity contribution in [3.8, 4) is 0 Å². The van der Waals surface area contributed by atoms with Crippen molar-refractivity contribution in [3.05, 3.63) is 0 Å². The zero-order valence-electron chi connectivity index (χ0n) is 14.6. The summed E-state index contributed by atoms with van der Waals surface area (Å²) in [5.41, 5.74) is 0. The highest BCUT2D eigenvalue weighted by molar-refractivity contribution is 5.66. The molecule has 2 aliphatic rings. The molecule has 0 aromatic heterocycles. The van der Waals surface area contributed by atoms with E-state index in [-0.39, 0.29) is 0 Å². The second-order valence-corrected chi connectivity index (χ2v) is 7.96. The SMILES string of the molecule is CC[C@H]1CC[C@H]([C@H]2CC[C@H](CCCCCC(=O)O)CC2)CC1. The molecule has 0 aromatic carbocycles. The molecule has 128 valence electrons. The van der Waals surface area contributed by atoms with Crippen LogP contribution < -0.4 is 0 Å². The molecule has 0 amide bonds. The van der Waals surface area contributed by atoms with E-state index in [4.69, 9.17) is 5.11 Å². The Labute approximate surface area is 137 Å². The van der Waals surface area contributed by atoms with Crippen LogP contribution in [0.1, 0.15) is 96.8 Å². The third-order valence-electron chi connectivity index (χ3n) is 6.53. The topological polar surface area (TPSA) is 37.3 Å². The van der Waals surface area contributed by atoms with Crippen LogP contribution in [0.4, 0.5) is 0 Å². The molecular weight excluding hydrogens is 272 g/mol. The van der Waals surface area contributed by atoms with Crippen molar-refractivity contribution in [2.24, 2.45) is 23.7 Å². The first kappa shape index (κ1) is 17.8. The summed E-state index contributed by atoms with van der Waals surface area (Å²) in [5.74, 6) is 3.39. The molecule has 22 heavy (non-hydrogen) atoms. The average Bonchev–Trinajstić information content (AvgIpc) is 2.55. The number of hydrogen-bond donors (Lipinski definition) is 1. The van der Waals surface area contributed by atoms with Crippen LogP contribution in [0.25, 0.3) is 0 Å². The fourth-order valence-electron chi connectivity index (χ4n) is 4.90. The van der Waals surface area contributed by atoms with Gasteiger partial charge in [0.15, 0.2) is 0 Å². The van der Waals surface area contributed by atoms with Gasteiger partial charge in [0.1, 0.15) is 0 Å². The first-order chi connectivity index (χ1) is 10.7. The molecule has 0 aromatic rings. The van der Waals surface area contributed by atoms with Gasteiger partial charge in [0, 0.05) is 6.42 Å². The lowest BCUT2D eigenvalue weighted by molar-refractivity contribution is -0.137. The van der Waals surface area contributed by atoms with E-state index in [9.17, 15) is 4.79 Å². The lowest BCUT2D eigenvalue weighted by Gasteiger charge is -2.37. The van der Waals surface area contributed by atoms with Gasteiger partial charge >= 0.3 is 5.97 Å². The maximum atomic E-state index is 10.5. The molecule has 0 aliphatic heterocycles. The Bertz CT molecular complexity index is 310. The molecule has 2 aliphatic carbocycles. The fourth-order valence-corrected chi connectivity index (χ4v) is 4.90. The Morgan fingerprint density at radius 1 is 0.818 bits per heavy atom. The lowest BCUT2D eigenvalue weighted by atomic mass is 9.68. The standard InChI is InChI=1S/C20H36O2/c1-2-16-8-12-18(13-9-16)19-14-10-17(11-15-19)6-4-3-5-7-20(21)22/h16-19H,2-15H2,1H3,(H,21,22)/t16-,17-,18-,19-. The van der Waals surface area contributed by atoms with Gasteiger partial charge in [-0.15, -0.1) is 0 Å². The highest BCUT2D eigenvalue weighted by Crippen LogP contribution is 2.42. The Morgan fingerprint density at radius 2 is 1.36 bits per heavy atom. The smallest absolute Gasteiger partial charge is 0.303 e. The summed E-state index contributed by atoms with van der Waals surface area (Å²) < 4.78 is 0. The molecule has 0 unspecified atom stereocenters. The number of rotatable bonds is 8. The number of hydrogen-bond acceptors (Lipinski definition) is 1. The zero-order chi connectivity index (χ0) is 15.8.